The highest BCUT2D eigenvalue weighted by atomic mass is 35.5. The maximum Gasteiger partial charge on any atom is 0.415 e. The van der Waals surface area contributed by atoms with Crippen molar-refractivity contribution in [1.29, 1.82) is 0 Å². The zero-order valence-corrected chi connectivity index (χ0v) is 11.6. The van der Waals surface area contributed by atoms with Crippen molar-refractivity contribution >= 4 is 23.2 Å². The van der Waals surface area contributed by atoms with E-state index in [0.29, 0.717) is 22.0 Å². The fourth-order valence-electron chi connectivity index (χ4n) is 1.63. The van der Waals surface area contributed by atoms with Crippen LogP contribution in [0.25, 0.3) is 0 Å². The summed E-state index contributed by atoms with van der Waals surface area (Å²) in [5.74, 6) is 0. The van der Waals surface area contributed by atoms with Gasteiger partial charge in [-0.15, -0.1) is 0 Å². The fourth-order valence-corrected chi connectivity index (χ4v) is 2.17. The van der Waals surface area contributed by atoms with Gasteiger partial charge in [0.1, 0.15) is 0 Å². The first-order valence-electron chi connectivity index (χ1n) is 5.68. The average molecular weight is 316 g/mol. The van der Waals surface area contributed by atoms with Crippen LogP contribution in [0.1, 0.15) is 24.9 Å². The molecule has 0 heterocycles. The summed E-state index contributed by atoms with van der Waals surface area (Å²) >= 11 is 11.8. The minimum atomic E-state index is -4.63. The lowest BCUT2D eigenvalue weighted by molar-refractivity contribution is -0.202. The first-order chi connectivity index (χ1) is 8.75. The van der Waals surface area contributed by atoms with E-state index in [1.165, 1.54) is 6.07 Å². The Hall–Kier alpha value is -0.490. The van der Waals surface area contributed by atoms with Gasteiger partial charge in [-0.3, -0.25) is 0 Å². The number of hydrogen-bond donors (Lipinski definition) is 2. The molecule has 0 saturated carbocycles. The van der Waals surface area contributed by atoms with Crippen LogP contribution in [0.3, 0.4) is 0 Å². The van der Waals surface area contributed by atoms with E-state index in [9.17, 15) is 13.2 Å². The Morgan fingerprint density at radius 1 is 1.32 bits per heavy atom. The molecule has 0 bridgehead atoms. The Bertz CT molecular complexity index is 426. The van der Waals surface area contributed by atoms with Gasteiger partial charge in [-0.25, -0.2) is 0 Å². The van der Waals surface area contributed by atoms with Crippen molar-refractivity contribution < 1.29 is 18.3 Å². The van der Waals surface area contributed by atoms with Gasteiger partial charge in [0.2, 0.25) is 0 Å². The summed E-state index contributed by atoms with van der Waals surface area (Å²) in [6.45, 7) is 1.23. The topological polar surface area (TPSA) is 32.3 Å². The maximum atomic E-state index is 12.2. The number of aliphatic hydroxyl groups is 1. The van der Waals surface area contributed by atoms with Crippen molar-refractivity contribution in [2.75, 3.05) is 6.54 Å². The molecule has 1 rings (SSSR count). The summed E-state index contributed by atoms with van der Waals surface area (Å²) in [6, 6.07) is 4.43. The van der Waals surface area contributed by atoms with E-state index in [4.69, 9.17) is 28.3 Å². The minimum Gasteiger partial charge on any atom is -0.382 e. The number of hydrogen-bond acceptors (Lipinski definition) is 2. The second kappa shape index (κ2) is 6.79. The molecule has 7 heteroatoms. The largest absolute Gasteiger partial charge is 0.415 e. The van der Waals surface area contributed by atoms with E-state index in [-0.39, 0.29) is 6.04 Å². The summed E-state index contributed by atoms with van der Waals surface area (Å²) in [5, 5.41) is 12.4. The highest BCUT2D eigenvalue weighted by molar-refractivity contribution is 6.35. The summed E-state index contributed by atoms with van der Waals surface area (Å²) in [7, 11) is 0. The molecular formula is C12H14Cl2F3NO. The molecule has 0 fully saturated rings. The van der Waals surface area contributed by atoms with Crippen molar-refractivity contribution in [3.63, 3.8) is 0 Å². The first kappa shape index (κ1) is 16.6. The molecule has 2 N–H and O–H groups in total. The molecular weight excluding hydrogens is 302 g/mol. The molecule has 0 aliphatic carbocycles. The van der Waals surface area contributed by atoms with E-state index < -0.39 is 18.8 Å². The molecule has 1 aromatic rings. The van der Waals surface area contributed by atoms with Gasteiger partial charge >= 0.3 is 6.18 Å². The number of halogens is 5. The maximum absolute atomic E-state index is 12.2. The zero-order chi connectivity index (χ0) is 14.6. The Balaban J connectivity index is 2.73. The normalized spacial score (nSPS) is 15.3. The van der Waals surface area contributed by atoms with Gasteiger partial charge in [0.05, 0.1) is 0 Å². The monoisotopic (exact) mass is 315 g/mol. The van der Waals surface area contributed by atoms with Crippen LogP contribution in [-0.4, -0.2) is 23.9 Å². The second-order valence-corrected chi connectivity index (χ2v) is 4.94. The van der Waals surface area contributed by atoms with Crippen molar-refractivity contribution in [3.8, 4) is 0 Å². The quantitative estimate of drug-likeness (QED) is 0.862. The third-order valence-electron chi connectivity index (χ3n) is 2.68. The Morgan fingerprint density at radius 3 is 2.42 bits per heavy atom. The van der Waals surface area contributed by atoms with E-state index >= 15 is 0 Å². The molecule has 0 aliphatic heterocycles. The van der Waals surface area contributed by atoms with E-state index in [1.807, 2.05) is 6.92 Å². The minimum absolute atomic E-state index is 0.373. The molecule has 0 saturated heterocycles. The molecule has 108 valence electrons. The molecule has 0 radical (unpaired) electrons. The van der Waals surface area contributed by atoms with Gasteiger partial charge in [0, 0.05) is 22.6 Å². The van der Waals surface area contributed by atoms with E-state index in [2.05, 4.69) is 5.32 Å². The first-order valence-corrected chi connectivity index (χ1v) is 6.44. The zero-order valence-electron chi connectivity index (χ0n) is 10.1. The predicted octanol–water partition coefficient (Wildman–Crippen LogP) is 3.96. The molecule has 0 amide bonds. The SMILES string of the molecule is CCC(NCC(O)C(F)(F)F)c1ccc(Cl)cc1Cl. The van der Waals surface area contributed by atoms with Crippen LogP contribution in [-0.2, 0) is 0 Å². The van der Waals surface area contributed by atoms with Crippen LogP contribution in [0.2, 0.25) is 10.0 Å². The lowest BCUT2D eigenvalue weighted by Crippen LogP contribution is -2.39. The van der Waals surface area contributed by atoms with Crippen molar-refractivity contribution in [2.24, 2.45) is 0 Å². The standard InChI is InChI=1S/C12H14Cl2F3NO/c1-2-10(18-6-11(19)12(15,16)17)8-4-3-7(13)5-9(8)14/h3-5,10-11,18-19H,2,6H2,1H3. The summed E-state index contributed by atoms with van der Waals surface area (Å²) in [5.41, 5.74) is 0.656. The van der Waals surface area contributed by atoms with Gasteiger partial charge in [0.15, 0.2) is 6.10 Å². The third-order valence-corrected chi connectivity index (χ3v) is 3.24. The lowest BCUT2D eigenvalue weighted by Gasteiger charge is -2.22. The smallest absolute Gasteiger partial charge is 0.382 e. The number of nitrogens with one attached hydrogen (secondary N) is 1. The van der Waals surface area contributed by atoms with Crippen LogP contribution in [0.5, 0.6) is 0 Å². The fraction of sp³-hybridized carbons (Fsp3) is 0.500. The number of alkyl halides is 3. The summed E-state index contributed by atoms with van der Waals surface area (Å²) in [6.07, 6.45) is -6.49. The van der Waals surface area contributed by atoms with Crippen LogP contribution in [0.4, 0.5) is 13.2 Å². The molecule has 0 spiro atoms. The second-order valence-electron chi connectivity index (χ2n) is 4.09. The highest BCUT2D eigenvalue weighted by Crippen LogP contribution is 2.28. The summed E-state index contributed by atoms with van der Waals surface area (Å²) < 4.78 is 36.6. The molecule has 2 unspecified atom stereocenters. The van der Waals surface area contributed by atoms with Gasteiger partial charge in [-0.05, 0) is 24.1 Å². The molecule has 19 heavy (non-hydrogen) atoms. The van der Waals surface area contributed by atoms with Crippen molar-refractivity contribution in [3.05, 3.63) is 33.8 Å². The average Bonchev–Trinajstić information content (AvgIpc) is 2.30. The molecule has 2 nitrogen and oxygen atoms in total. The van der Waals surface area contributed by atoms with Gasteiger partial charge in [-0.2, -0.15) is 13.2 Å². The van der Waals surface area contributed by atoms with Crippen molar-refractivity contribution in [1.82, 2.24) is 5.32 Å². The van der Waals surface area contributed by atoms with Crippen LogP contribution in [0.15, 0.2) is 18.2 Å². The van der Waals surface area contributed by atoms with E-state index in [0.717, 1.165) is 0 Å². The van der Waals surface area contributed by atoms with E-state index in [1.54, 1.807) is 12.1 Å². The van der Waals surface area contributed by atoms with Crippen LogP contribution >= 0.6 is 23.2 Å². The highest BCUT2D eigenvalue weighted by Gasteiger charge is 2.38. The Morgan fingerprint density at radius 2 is 1.95 bits per heavy atom. The molecule has 0 aromatic heterocycles. The number of benzene rings is 1. The lowest BCUT2D eigenvalue weighted by atomic mass is 10.0. The molecule has 2 atom stereocenters. The molecule has 1 aromatic carbocycles. The van der Waals surface area contributed by atoms with Crippen LogP contribution in [0, 0.1) is 0 Å². The van der Waals surface area contributed by atoms with Gasteiger partial charge in [-0.1, -0.05) is 36.2 Å². The summed E-state index contributed by atoms with van der Waals surface area (Å²) in [4.78, 5) is 0. The Labute approximate surface area is 119 Å². The third kappa shape index (κ3) is 4.84. The number of aliphatic hydroxyl groups excluding tert-OH is 1. The Kier molecular flexibility index (Phi) is 5.92. The van der Waals surface area contributed by atoms with Gasteiger partial charge in [0.25, 0.3) is 0 Å². The predicted molar refractivity (Wildman–Crippen MR) is 69.6 cm³/mol. The number of rotatable bonds is 5. The van der Waals surface area contributed by atoms with Crippen LogP contribution < -0.4 is 5.32 Å². The van der Waals surface area contributed by atoms with Gasteiger partial charge < -0.3 is 10.4 Å². The molecule has 0 aliphatic rings. The van der Waals surface area contributed by atoms with Crippen molar-refractivity contribution in [2.45, 2.75) is 31.7 Å².